The molecule has 0 saturated heterocycles. The molecule has 0 aliphatic carbocycles. The number of carbonyl (C=O) groups excluding carboxylic acids is 2. The smallest absolute Gasteiger partial charge is 0.313 e. The van der Waals surface area contributed by atoms with Gasteiger partial charge in [-0.05, 0) is 42.0 Å². The van der Waals surface area contributed by atoms with E-state index in [1.807, 2.05) is 31.2 Å². The van der Waals surface area contributed by atoms with Gasteiger partial charge in [0.05, 0.1) is 0 Å². The summed E-state index contributed by atoms with van der Waals surface area (Å²) in [6.45, 7) is 5.43. The molecule has 5 nitrogen and oxygen atoms in total. The van der Waals surface area contributed by atoms with Crippen LogP contribution in [0.2, 0.25) is 0 Å². The lowest BCUT2D eigenvalue weighted by Gasteiger charge is -2.28. The van der Waals surface area contributed by atoms with Crippen molar-refractivity contribution in [1.82, 2.24) is 10.2 Å². The van der Waals surface area contributed by atoms with Gasteiger partial charge >= 0.3 is 11.8 Å². The Morgan fingerprint density at radius 2 is 1.74 bits per heavy atom. The Morgan fingerprint density at radius 3 is 2.56 bits per heavy atom. The van der Waals surface area contributed by atoms with Crippen molar-refractivity contribution in [2.75, 3.05) is 25.0 Å². The van der Waals surface area contributed by atoms with Crippen LogP contribution in [0.25, 0.3) is 0 Å². The van der Waals surface area contributed by atoms with Gasteiger partial charge in [-0.1, -0.05) is 49.4 Å². The highest BCUT2D eigenvalue weighted by Crippen LogP contribution is 2.18. The zero-order chi connectivity index (χ0) is 19.1. The summed E-state index contributed by atoms with van der Waals surface area (Å²) >= 11 is 0. The summed E-state index contributed by atoms with van der Waals surface area (Å²) in [5, 5.41) is 5.42. The Hall–Kier alpha value is -2.66. The van der Waals surface area contributed by atoms with Gasteiger partial charge in [-0.3, -0.25) is 14.5 Å². The van der Waals surface area contributed by atoms with Crippen LogP contribution in [0.3, 0.4) is 0 Å². The predicted octanol–water partition coefficient (Wildman–Crippen LogP) is 2.75. The third-order valence-electron chi connectivity index (χ3n) is 5.00. The van der Waals surface area contributed by atoms with Crippen LogP contribution in [-0.2, 0) is 29.0 Å². The zero-order valence-corrected chi connectivity index (χ0v) is 15.8. The zero-order valence-electron chi connectivity index (χ0n) is 15.8. The molecule has 142 valence electrons. The molecule has 2 aromatic rings. The monoisotopic (exact) mass is 365 g/mol. The Morgan fingerprint density at radius 1 is 1.00 bits per heavy atom. The molecule has 27 heavy (non-hydrogen) atoms. The van der Waals surface area contributed by atoms with Gasteiger partial charge in [-0.15, -0.1) is 0 Å². The maximum atomic E-state index is 12.1. The second-order valence-corrected chi connectivity index (χ2v) is 6.87. The van der Waals surface area contributed by atoms with E-state index in [-0.39, 0.29) is 0 Å². The molecule has 0 radical (unpaired) electrons. The van der Waals surface area contributed by atoms with Crippen LogP contribution < -0.4 is 10.6 Å². The third kappa shape index (κ3) is 5.17. The average molecular weight is 365 g/mol. The number of carbonyl (C=O) groups is 2. The van der Waals surface area contributed by atoms with Crippen molar-refractivity contribution < 1.29 is 9.59 Å². The first-order valence-corrected chi connectivity index (χ1v) is 9.63. The van der Waals surface area contributed by atoms with E-state index in [0.717, 1.165) is 44.5 Å². The number of nitrogens with one attached hydrogen (secondary N) is 2. The van der Waals surface area contributed by atoms with Gasteiger partial charge in [0.15, 0.2) is 0 Å². The summed E-state index contributed by atoms with van der Waals surface area (Å²) in [4.78, 5) is 26.5. The highest BCUT2D eigenvalue weighted by atomic mass is 16.2. The van der Waals surface area contributed by atoms with Crippen molar-refractivity contribution in [2.45, 2.75) is 32.7 Å². The van der Waals surface area contributed by atoms with Crippen LogP contribution in [0.5, 0.6) is 0 Å². The molecule has 0 spiro atoms. The number of benzene rings is 2. The molecule has 1 aliphatic heterocycles. The molecular weight excluding hydrogens is 338 g/mol. The molecule has 0 aromatic heterocycles. The molecular formula is C22H27N3O2. The van der Waals surface area contributed by atoms with E-state index in [0.29, 0.717) is 12.2 Å². The predicted molar refractivity (Wildman–Crippen MR) is 107 cm³/mol. The minimum absolute atomic E-state index is 0.500. The van der Waals surface area contributed by atoms with E-state index >= 15 is 0 Å². The summed E-state index contributed by atoms with van der Waals surface area (Å²) in [6.07, 6.45) is 2.70. The Kier molecular flexibility index (Phi) is 6.60. The van der Waals surface area contributed by atoms with Crippen molar-refractivity contribution in [3.63, 3.8) is 0 Å². The number of anilines is 1. The number of rotatable bonds is 6. The van der Waals surface area contributed by atoms with Crippen molar-refractivity contribution in [1.29, 1.82) is 0 Å². The van der Waals surface area contributed by atoms with E-state index in [1.54, 1.807) is 0 Å². The molecule has 0 unspecified atom stereocenters. The van der Waals surface area contributed by atoms with Gasteiger partial charge in [-0.2, -0.15) is 0 Å². The number of aryl methyl sites for hydroxylation is 1. The Bertz CT molecular complexity index is 804. The summed E-state index contributed by atoms with van der Waals surface area (Å²) in [5.41, 5.74) is 4.55. The second kappa shape index (κ2) is 9.33. The summed E-state index contributed by atoms with van der Waals surface area (Å²) in [6, 6.07) is 16.1. The van der Waals surface area contributed by atoms with Gasteiger partial charge < -0.3 is 10.6 Å². The van der Waals surface area contributed by atoms with Crippen LogP contribution in [0.15, 0.2) is 48.5 Å². The molecule has 0 atom stereocenters. The van der Waals surface area contributed by atoms with Crippen molar-refractivity contribution in [3.05, 3.63) is 65.2 Å². The highest BCUT2D eigenvalue weighted by molar-refractivity contribution is 6.39. The van der Waals surface area contributed by atoms with Crippen LogP contribution in [-0.4, -0.2) is 36.3 Å². The van der Waals surface area contributed by atoms with Gasteiger partial charge in [0.1, 0.15) is 0 Å². The molecule has 2 aromatic carbocycles. The molecule has 0 fully saturated rings. The third-order valence-corrected chi connectivity index (χ3v) is 5.00. The summed E-state index contributed by atoms with van der Waals surface area (Å²) in [5.74, 6) is -1.19. The van der Waals surface area contributed by atoms with Crippen molar-refractivity contribution in [3.8, 4) is 0 Å². The molecule has 3 rings (SSSR count). The van der Waals surface area contributed by atoms with Gasteiger partial charge in [0, 0.05) is 31.9 Å². The number of nitrogens with zero attached hydrogens (tertiary/aromatic N) is 1. The summed E-state index contributed by atoms with van der Waals surface area (Å²) < 4.78 is 0. The maximum Gasteiger partial charge on any atom is 0.313 e. The fraction of sp³-hybridized carbons (Fsp3) is 0.364. The summed E-state index contributed by atoms with van der Waals surface area (Å²) in [7, 11) is 0. The molecule has 1 heterocycles. The van der Waals surface area contributed by atoms with Crippen LogP contribution in [0.4, 0.5) is 5.69 Å². The molecule has 0 bridgehead atoms. The molecule has 0 saturated carbocycles. The number of para-hydroxylation sites is 1. The van der Waals surface area contributed by atoms with E-state index in [4.69, 9.17) is 0 Å². The van der Waals surface area contributed by atoms with Crippen LogP contribution in [0, 0.1) is 0 Å². The minimum Gasteiger partial charge on any atom is -0.348 e. The minimum atomic E-state index is -0.609. The van der Waals surface area contributed by atoms with E-state index in [1.165, 1.54) is 11.1 Å². The van der Waals surface area contributed by atoms with Gasteiger partial charge in [0.2, 0.25) is 0 Å². The SMILES string of the molecule is CCc1ccccc1NC(=O)C(=O)NCCCN1CCc2ccccc2C1. The number of fused-ring (bicyclic) bond motifs is 1. The second-order valence-electron chi connectivity index (χ2n) is 6.87. The van der Waals surface area contributed by atoms with Crippen molar-refractivity contribution in [2.24, 2.45) is 0 Å². The largest absolute Gasteiger partial charge is 0.348 e. The number of amides is 2. The number of hydrogen-bond acceptors (Lipinski definition) is 3. The van der Waals surface area contributed by atoms with Crippen LogP contribution >= 0.6 is 0 Å². The van der Waals surface area contributed by atoms with Crippen molar-refractivity contribution >= 4 is 17.5 Å². The molecule has 1 aliphatic rings. The van der Waals surface area contributed by atoms with E-state index < -0.39 is 11.8 Å². The number of hydrogen-bond donors (Lipinski definition) is 2. The Balaban J connectivity index is 1.39. The first kappa shape index (κ1) is 19.1. The topological polar surface area (TPSA) is 61.4 Å². The lowest BCUT2D eigenvalue weighted by molar-refractivity contribution is -0.136. The molecule has 2 amide bonds. The molecule has 5 heteroatoms. The first-order chi connectivity index (χ1) is 13.2. The fourth-order valence-electron chi connectivity index (χ4n) is 3.46. The van der Waals surface area contributed by atoms with E-state index in [2.05, 4.69) is 39.8 Å². The highest BCUT2D eigenvalue weighted by Gasteiger charge is 2.16. The van der Waals surface area contributed by atoms with Gasteiger partial charge in [-0.25, -0.2) is 0 Å². The normalized spacial score (nSPS) is 13.7. The molecule has 2 N–H and O–H groups in total. The fourth-order valence-corrected chi connectivity index (χ4v) is 3.46. The first-order valence-electron chi connectivity index (χ1n) is 9.63. The Labute approximate surface area is 160 Å². The maximum absolute atomic E-state index is 12.1. The average Bonchev–Trinajstić information content (AvgIpc) is 2.71. The lowest BCUT2D eigenvalue weighted by atomic mass is 10.00. The van der Waals surface area contributed by atoms with E-state index in [9.17, 15) is 9.59 Å². The quantitative estimate of drug-likeness (QED) is 0.611. The standard InChI is InChI=1S/C22H27N3O2/c1-2-17-8-5-6-11-20(17)24-22(27)21(26)23-13-7-14-25-15-12-18-9-3-4-10-19(18)16-25/h3-6,8-11H,2,7,12-16H2,1H3,(H,23,26)(H,24,27). The van der Waals surface area contributed by atoms with Crippen LogP contribution in [0.1, 0.15) is 30.0 Å². The lowest BCUT2D eigenvalue weighted by Crippen LogP contribution is -2.38. The van der Waals surface area contributed by atoms with Gasteiger partial charge in [0.25, 0.3) is 0 Å².